The molecule has 0 aliphatic carbocycles. The maximum atomic E-state index is 13.4. The van der Waals surface area contributed by atoms with Gasteiger partial charge in [0.15, 0.2) is 11.5 Å². The zero-order valence-corrected chi connectivity index (χ0v) is 17.7. The van der Waals surface area contributed by atoms with Crippen molar-refractivity contribution in [1.82, 2.24) is 4.90 Å². The number of methoxy groups -OCH3 is 1. The Labute approximate surface area is 181 Å². The predicted molar refractivity (Wildman–Crippen MR) is 114 cm³/mol. The Morgan fingerprint density at radius 1 is 1.33 bits per heavy atom. The largest absolute Gasteiger partial charge is 0.493 e. The minimum Gasteiger partial charge on any atom is -0.493 e. The summed E-state index contributed by atoms with van der Waals surface area (Å²) in [7, 11) is 1.56. The van der Waals surface area contributed by atoms with Crippen LogP contribution in [0.4, 0.5) is 4.39 Å². The summed E-state index contributed by atoms with van der Waals surface area (Å²) < 4.78 is 30.2. The first kappa shape index (κ1) is 22.1. The van der Waals surface area contributed by atoms with Gasteiger partial charge in [0.2, 0.25) is 0 Å². The van der Waals surface area contributed by atoms with Crippen LogP contribution in [-0.2, 0) is 11.3 Å². The molecule has 0 radical (unpaired) electrons. The Morgan fingerprint density at radius 2 is 2.17 bits per heavy atom. The van der Waals surface area contributed by atoms with E-state index in [1.807, 2.05) is 12.1 Å². The van der Waals surface area contributed by atoms with Crippen molar-refractivity contribution < 1.29 is 23.4 Å². The summed E-state index contributed by atoms with van der Waals surface area (Å²) in [6.45, 7) is 5.44. The number of halogens is 2. The van der Waals surface area contributed by atoms with Crippen molar-refractivity contribution >= 4 is 17.5 Å². The predicted octanol–water partition coefficient (Wildman–Crippen LogP) is 4.87. The highest BCUT2D eigenvalue weighted by Crippen LogP contribution is 2.29. The van der Waals surface area contributed by atoms with Gasteiger partial charge in [0, 0.05) is 19.7 Å². The SMILES string of the molecule is C=CCOc1ccc(CN(CC2CCCO2)C(=O)c2ccc(F)cc2Cl)cc1OC. The van der Waals surface area contributed by atoms with Crippen molar-refractivity contribution in [3.63, 3.8) is 0 Å². The zero-order valence-electron chi connectivity index (χ0n) is 16.9. The second kappa shape index (κ2) is 10.5. The van der Waals surface area contributed by atoms with Gasteiger partial charge in [0.25, 0.3) is 5.91 Å². The molecule has 1 aliphatic heterocycles. The Bertz CT molecular complexity index is 899. The summed E-state index contributed by atoms with van der Waals surface area (Å²) in [5, 5.41) is 0.0862. The number of rotatable bonds is 9. The van der Waals surface area contributed by atoms with E-state index in [2.05, 4.69) is 6.58 Å². The number of amides is 1. The van der Waals surface area contributed by atoms with Crippen molar-refractivity contribution in [2.75, 3.05) is 26.9 Å². The van der Waals surface area contributed by atoms with E-state index in [-0.39, 0.29) is 22.6 Å². The van der Waals surface area contributed by atoms with Crippen LogP contribution in [0.1, 0.15) is 28.8 Å². The lowest BCUT2D eigenvalue weighted by Crippen LogP contribution is -2.37. The van der Waals surface area contributed by atoms with Gasteiger partial charge in [-0.25, -0.2) is 4.39 Å². The molecule has 5 nitrogen and oxygen atoms in total. The standard InChI is InChI=1S/C23H25ClFNO4/c1-3-10-30-21-9-6-16(12-22(21)28-2)14-26(15-18-5-4-11-29-18)23(27)19-8-7-17(25)13-20(19)24/h3,6-9,12-13,18H,1,4-5,10-11,14-15H2,2H3. The van der Waals surface area contributed by atoms with Crippen molar-refractivity contribution in [3.05, 3.63) is 71.0 Å². The smallest absolute Gasteiger partial charge is 0.255 e. The van der Waals surface area contributed by atoms with Crippen LogP contribution in [0.25, 0.3) is 0 Å². The maximum Gasteiger partial charge on any atom is 0.255 e. The van der Waals surface area contributed by atoms with Gasteiger partial charge in [-0.2, -0.15) is 0 Å². The highest BCUT2D eigenvalue weighted by molar-refractivity contribution is 6.33. The van der Waals surface area contributed by atoms with Crippen LogP contribution in [0.15, 0.2) is 49.1 Å². The molecule has 7 heteroatoms. The average Bonchev–Trinajstić information content (AvgIpc) is 3.25. The summed E-state index contributed by atoms with van der Waals surface area (Å²) in [5.41, 5.74) is 1.12. The van der Waals surface area contributed by atoms with E-state index in [0.717, 1.165) is 24.5 Å². The van der Waals surface area contributed by atoms with Crippen molar-refractivity contribution in [2.24, 2.45) is 0 Å². The summed E-state index contributed by atoms with van der Waals surface area (Å²) in [6, 6.07) is 9.31. The number of ether oxygens (including phenoxy) is 3. The van der Waals surface area contributed by atoms with Gasteiger partial charge in [0.05, 0.1) is 23.8 Å². The van der Waals surface area contributed by atoms with Crippen LogP contribution in [0.5, 0.6) is 11.5 Å². The number of carbonyl (C=O) groups is 1. The molecular formula is C23H25ClFNO4. The summed E-state index contributed by atoms with van der Waals surface area (Å²) in [5.74, 6) is 0.405. The topological polar surface area (TPSA) is 48.0 Å². The molecule has 2 aromatic rings. The molecule has 0 spiro atoms. The minimum absolute atomic E-state index is 0.0368. The first-order valence-corrected chi connectivity index (χ1v) is 10.2. The van der Waals surface area contributed by atoms with Crippen LogP contribution in [-0.4, -0.2) is 43.8 Å². The quantitative estimate of drug-likeness (QED) is 0.529. The summed E-state index contributed by atoms with van der Waals surface area (Å²) >= 11 is 6.14. The molecule has 30 heavy (non-hydrogen) atoms. The molecule has 2 aromatic carbocycles. The van der Waals surface area contributed by atoms with E-state index < -0.39 is 5.82 Å². The third-order valence-corrected chi connectivity index (χ3v) is 5.17. The molecule has 160 valence electrons. The van der Waals surface area contributed by atoms with Gasteiger partial charge in [-0.05, 0) is 48.7 Å². The maximum absolute atomic E-state index is 13.4. The van der Waals surface area contributed by atoms with Gasteiger partial charge in [0.1, 0.15) is 12.4 Å². The van der Waals surface area contributed by atoms with Crippen molar-refractivity contribution in [3.8, 4) is 11.5 Å². The first-order valence-electron chi connectivity index (χ1n) is 9.78. The van der Waals surface area contributed by atoms with Crippen LogP contribution in [0.2, 0.25) is 5.02 Å². The molecule has 1 atom stereocenters. The van der Waals surface area contributed by atoms with Gasteiger partial charge in [-0.1, -0.05) is 30.3 Å². The summed E-state index contributed by atoms with van der Waals surface area (Å²) in [4.78, 5) is 14.9. The van der Waals surface area contributed by atoms with Gasteiger partial charge in [-0.3, -0.25) is 4.79 Å². The molecule has 1 aliphatic rings. The fourth-order valence-electron chi connectivity index (χ4n) is 3.39. The van der Waals surface area contributed by atoms with Crippen LogP contribution < -0.4 is 9.47 Å². The molecular weight excluding hydrogens is 409 g/mol. The van der Waals surface area contributed by atoms with E-state index in [9.17, 15) is 9.18 Å². The molecule has 0 bridgehead atoms. The number of hydrogen-bond donors (Lipinski definition) is 0. The lowest BCUT2D eigenvalue weighted by Gasteiger charge is -2.26. The lowest BCUT2D eigenvalue weighted by molar-refractivity contribution is 0.0507. The first-order chi connectivity index (χ1) is 14.5. The lowest BCUT2D eigenvalue weighted by atomic mass is 10.1. The van der Waals surface area contributed by atoms with Crippen molar-refractivity contribution in [2.45, 2.75) is 25.5 Å². The highest BCUT2D eigenvalue weighted by atomic mass is 35.5. The van der Waals surface area contributed by atoms with E-state index in [1.165, 1.54) is 12.1 Å². The third kappa shape index (κ3) is 5.52. The Balaban J connectivity index is 1.85. The molecule has 1 amide bonds. The third-order valence-electron chi connectivity index (χ3n) is 4.85. The van der Waals surface area contributed by atoms with E-state index in [4.69, 9.17) is 25.8 Å². The van der Waals surface area contributed by atoms with Crippen LogP contribution in [0.3, 0.4) is 0 Å². The Morgan fingerprint density at radius 3 is 2.83 bits per heavy atom. The van der Waals surface area contributed by atoms with E-state index in [1.54, 1.807) is 24.2 Å². The number of hydrogen-bond acceptors (Lipinski definition) is 4. The van der Waals surface area contributed by atoms with Gasteiger partial charge in [-0.15, -0.1) is 0 Å². The van der Waals surface area contributed by atoms with Crippen molar-refractivity contribution in [1.29, 1.82) is 0 Å². The second-order valence-electron chi connectivity index (χ2n) is 7.03. The number of benzene rings is 2. The van der Waals surface area contributed by atoms with Gasteiger partial charge < -0.3 is 19.1 Å². The normalized spacial score (nSPS) is 15.6. The molecule has 1 unspecified atom stereocenters. The molecule has 3 rings (SSSR count). The average molecular weight is 434 g/mol. The second-order valence-corrected chi connectivity index (χ2v) is 7.44. The molecule has 1 saturated heterocycles. The zero-order chi connectivity index (χ0) is 21.5. The highest BCUT2D eigenvalue weighted by Gasteiger charge is 2.25. The fraction of sp³-hybridized carbons (Fsp3) is 0.348. The Kier molecular flexibility index (Phi) is 7.71. The molecule has 0 saturated carbocycles. The summed E-state index contributed by atoms with van der Waals surface area (Å²) in [6.07, 6.45) is 3.47. The van der Waals surface area contributed by atoms with Crippen LogP contribution in [0, 0.1) is 5.82 Å². The molecule has 0 aromatic heterocycles. The fourth-order valence-corrected chi connectivity index (χ4v) is 3.63. The molecule has 0 N–H and O–H groups in total. The minimum atomic E-state index is -0.484. The molecule has 1 heterocycles. The van der Waals surface area contributed by atoms with E-state index in [0.29, 0.717) is 37.8 Å². The number of carbonyl (C=O) groups excluding carboxylic acids is 1. The van der Waals surface area contributed by atoms with Crippen LogP contribution >= 0.6 is 11.6 Å². The monoisotopic (exact) mass is 433 g/mol. The van der Waals surface area contributed by atoms with Gasteiger partial charge >= 0.3 is 0 Å². The Hall–Kier alpha value is -2.57. The molecule has 1 fully saturated rings. The number of nitrogens with zero attached hydrogens (tertiary/aromatic N) is 1. The van der Waals surface area contributed by atoms with E-state index >= 15 is 0 Å².